The summed E-state index contributed by atoms with van der Waals surface area (Å²) < 4.78 is 0. The number of nitrogens with one attached hydrogen (secondary N) is 1. The van der Waals surface area contributed by atoms with Crippen LogP contribution in [0.5, 0.6) is 0 Å². The van der Waals surface area contributed by atoms with E-state index in [9.17, 15) is 4.79 Å². The fraction of sp³-hybridized carbons (Fsp3) is 0.267. The number of thiol groups is 1. The van der Waals surface area contributed by atoms with Crippen LogP contribution in [0.4, 0.5) is 5.69 Å². The highest BCUT2D eigenvalue weighted by molar-refractivity contribution is 7.80. The lowest BCUT2D eigenvalue weighted by molar-refractivity contribution is 0.0956. The zero-order chi connectivity index (χ0) is 13.8. The molecule has 0 saturated carbocycles. The monoisotopic (exact) mass is 274 g/mol. The zero-order valence-corrected chi connectivity index (χ0v) is 12.1. The van der Waals surface area contributed by atoms with E-state index in [4.69, 9.17) is 0 Å². The number of hydrogen-bond acceptors (Lipinski definition) is 3. The summed E-state index contributed by atoms with van der Waals surface area (Å²) in [4.78, 5) is 13.9. The molecule has 0 bridgehead atoms. The highest BCUT2D eigenvalue weighted by Gasteiger charge is 2.06. The third-order valence-corrected chi connectivity index (χ3v) is 3.22. The van der Waals surface area contributed by atoms with Gasteiger partial charge in [0.2, 0.25) is 0 Å². The van der Waals surface area contributed by atoms with Gasteiger partial charge < -0.3 is 10.2 Å². The maximum Gasteiger partial charge on any atom is 0.251 e. The summed E-state index contributed by atoms with van der Waals surface area (Å²) in [5.74, 6) is 0.596. The molecule has 0 spiro atoms. The van der Waals surface area contributed by atoms with Gasteiger partial charge in [-0.1, -0.05) is 12.1 Å². The predicted octanol–water partition coefficient (Wildman–Crippen LogP) is 2.57. The van der Waals surface area contributed by atoms with Crippen LogP contribution in [0.1, 0.15) is 10.4 Å². The summed E-state index contributed by atoms with van der Waals surface area (Å²) >= 11 is 4.08. The van der Waals surface area contributed by atoms with Crippen LogP contribution >= 0.6 is 12.6 Å². The Morgan fingerprint density at radius 3 is 2.53 bits per heavy atom. The van der Waals surface area contributed by atoms with Crippen LogP contribution in [-0.2, 0) is 0 Å². The standard InChI is InChI=1S/C15H18N2OS/c1-17(2)14-6-5-11-9-13(4-3-12(11)10-14)15(18)16-7-8-19/h3-6,9-10,19H,7-8H2,1-2H3,(H,16,18). The first-order valence-electron chi connectivity index (χ1n) is 6.22. The Morgan fingerprint density at radius 1 is 1.16 bits per heavy atom. The molecule has 0 heterocycles. The van der Waals surface area contributed by atoms with Crippen LogP contribution in [0.3, 0.4) is 0 Å². The molecule has 3 nitrogen and oxygen atoms in total. The highest BCUT2D eigenvalue weighted by atomic mass is 32.1. The number of fused-ring (bicyclic) bond motifs is 1. The SMILES string of the molecule is CN(C)c1ccc2cc(C(=O)NCCS)ccc2c1. The molecule has 0 unspecified atom stereocenters. The highest BCUT2D eigenvalue weighted by Crippen LogP contribution is 2.22. The molecular weight excluding hydrogens is 256 g/mol. The molecule has 0 atom stereocenters. The van der Waals surface area contributed by atoms with Crippen molar-refractivity contribution in [2.24, 2.45) is 0 Å². The maximum absolute atomic E-state index is 11.9. The van der Waals surface area contributed by atoms with E-state index in [0.717, 1.165) is 16.5 Å². The molecule has 1 N–H and O–H groups in total. The molecule has 0 saturated heterocycles. The van der Waals surface area contributed by atoms with Crippen molar-refractivity contribution in [1.82, 2.24) is 5.32 Å². The van der Waals surface area contributed by atoms with Crippen LogP contribution < -0.4 is 10.2 Å². The Kier molecular flexibility index (Phi) is 4.32. The average Bonchev–Trinajstić information content (AvgIpc) is 2.43. The van der Waals surface area contributed by atoms with Crippen molar-refractivity contribution < 1.29 is 4.79 Å². The number of amides is 1. The van der Waals surface area contributed by atoms with Crippen molar-refractivity contribution in [2.45, 2.75) is 0 Å². The van der Waals surface area contributed by atoms with Crippen LogP contribution in [0.25, 0.3) is 10.8 Å². The number of anilines is 1. The van der Waals surface area contributed by atoms with Crippen molar-refractivity contribution >= 4 is 35.0 Å². The number of rotatable bonds is 4. The molecule has 100 valence electrons. The second kappa shape index (κ2) is 5.97. The minimum Gasteiger partial charge on any atom is -0.378 e. The number of carbonyl (C=O) groups is 1. The predicted molar refractivity (Wildman–Crippen MR) is 84.5 cm³/mol. The molecule has 0 radical (unpaired) electrons. The third kappa shape index (κ3) is 3.20. The fourth-order valence-corrected chi connectivity index (χ4v) is 2.04. The normalized spacial score (nSPS) is 10.5. The molecule has 1 amide bonds. The number of carbonyl (C=O) groups excluding carboxylic acids is 1. The van der Waals surface area contributed by atoms with Gasteiger partial charge in [-0.15, -0.1) is 0 Å². The average molecular weight is 274 g/mol. The Balaban J connectivity index is 2.31. The summed E-state index contributed by atoms with van der Waals surface area (Å²) in [5.41, 5.74) is 1.84. The molecule has 0 fully saturated rings. The zero-order valence-electron chi connectivity index (χ0n) is 11.2. The number of benzene rings is 2. The van der Waals surface area contributed by atoms with E-state index in [1.807, 2.05) is 38.4 Å². The lowest BCUT2D eigenvalue weighted by atomic mass is 10.1. The third-order valence-electron chi connectivity index (χ3n) is 3.00. The van der Waals surface area contributed by atoms with E-state index in [0.29, 0.717) is 17.9 Å². The quantitative estimate of drug-likeness (QED) is 0.840. The first-order chi connectivity index (χ1) is 9.11. The topological polar surface area (TPSA) is 32.3 Å². The van der Waals surface area contributed by atoms with Gasteiger partial charge in [0.15, 0.2) is 0 Å². The van der Waals surface area contributed by atoms with Gasteiger partial charge in [-0.25, -0.2) is 0 Å². The van der Waals surface area contributed by atoms with Crippen LogP contribution in [0.2, 0.25) is 0 Å². The summed E-state index contributed by atoms with van der Waals surface area (Å²) in [6.07, 6.45) is 0. The van der Waals surface area contributed by atoms with Gasteiger partial charge in [-0.2, -0.15) is 12.6 Å². The van der Waals surface area contributed by atoms with Crippen molar-refractivity contribution in [2.75, 3.05) is 31.3 Å². The van der Waals surface area contributed by atoms with Crippen LogP contribution in [0.15, 0.2) is 36.4 Å². The number of nitrogens with zero attached hydrogens (tertiary/aromatic N) is 1. The van der Waals surface area contributed by atoms with Crippen LogP contribution in [0, 0.1) is 0 Å². The van der Waals surface area contributed by atoms with Gasteiger partial charge in [0.1, 0.15) is 0 Å². The van der Waals surface area contributed by atoms with Crippen molar-refractivity contribution in [3.63, 3.8) is 0 Å². The smallest absolute Gasteiger partial charge is 0.251 e. The number of hydrogen-bond donors (Lipinski definition) is 2. The van der Waals surface area contributed by atoms with E-state index >= 15 is 0 Å². The molecule has 0 aliphatic carbocycles. The molecule has 0 aliphatic heterocycles. The van der Waals surface area contributed by atoms with Gasteiger partial charge in [0, 0.05) is 37.6 Å². The molecule has 4 heteroatoms. The van der Waals surface area contributed by atoms with E-state index in [2.05, 4.69) is 35.0 Å². The van der Waals surface area contributed by atoms with Gasteiger partial charge in [0.05, 0.1) is 0 Å². The van der Waals surface area contributed by atoms with E-state index in [-0.39, 0.29) is 5.91 Å². The Bertz CT molecular complexity index is 596. The Morgan fingerprint density at radius 2 is 1.84 bits per heavy atom. The van der Waals surface area contributed by atoms with Crippen molar-refractivity contribution in [3.05, 3.63) is 42.0 Å². The molecule has 2 rings (SSSR count). The largest absolute Gasteiger partial charge is 0.378 e. The first-order valence-corrected chi connectivity index (χ1v) is 6.85. The summed E-state index contributed by atoms with van der Waals surface area (Å²) in [6.45, 7) is 0.583. The van der Waals surface area contributed by atoms with Gasteiger partial charge in [0.25, 0.3) is 5.91 Å². The second-order valence-electron chi connectivity index (χ2n) is 4.62. The molecule has 0 aromatic heterocycles. The summed E-state index contributed by atoms with van der Waals surface area (Å²) in [6, 6.07) is 12.0. The van der Waals surface area contributed by atoms with Crippen molar-refractivity contribution in [3.8, 4) is 0 Å². The molecule has 2 aromatic carbocycles. The van der Waals surface area contributed by atoms with Gasteiger partial charge in [-0.3, -0.25) is 4.79 Å². The minimum atomic E-state index is -0.0485. The summed E-state index contributed by atoms with van der Waals surface area (Å²) in [7, 11) is 4.03. The lowest BCUT2D eigenvalue weighted by Crippen LogP contribution is -2.25. The van der Waals surface area contributed by atoms with Crippen molar-refractivity contribution in [1.29, 1.82) is 0 Å². The van der Waals surface area contributed by atoms with E-state index in [1.165, 1.54) is 0 Å². The fourth-order valence-electron chi connectivity index (χ4n) is 1.92. The molecule has 19 heavy (non-hydrogen) atoms. The summed E-state index contributed by atoms with van der Waals surface area (Å²) in [5, 5.41) is 5.03. The Labute approximate surface area is 119 Å². The lowest BCUT2D eigenvalue weighted by Gasteiger charge is -2.13. The van der Waals surface area contributed by atoms with Crippen LogP contribution in [-0.4, -0.2) is 32.3 Å². The van der Waals surface area contributed by atoms with Gasteiger partial charge >= 0.3 is 0 Å². The molecule has 0 aliphatic rings. The minimum absolute atomic E-state index is 0.0485. The first kappa shape index (κ1) is 13.7. The Hall–Kier alpha value is -1.68. The second-order valence-corrected chi connectivity index (χ2v) is 5.07. The van der Waals surface area contributed by atoms with E-state index in [1.54, 1.807) is 0 Å². The molecular formula is C15H18N2OS. The maximum atomic E-state index is 11.9. The van der Waals surface area contributed by atoms with Gasteiger partial charge in [-0.05, 0) is 35.0 Å². The molecule has 2 aromatic rings. The van der Waals surface area contributed by atoms with E-state index < -0.39 is 0 Å².